The van der Waals surface area contributed by atoms with Crippen molar-refractivity contribution in [2.75, 3.05) is 17.6 Å². The van der Waals surface area contributed by atoms with Crippen molar-refractivity contribution in [2.24, 2.45) is 4.99 Å². The normalized spacial score (nSPS) is 14.0. The second-order valence-electron chi connectivity index (χ2n) is 4.07. The van der Waals surface area contributed by atoms with Gasteiger partial charge < -0.3 is 10.1 Å². The molecule has 1 aliphatic heterocycles. The predicted octanol–water partition coefficient (Wildman–Crippen LogP) is 3.99. The summed E-state index contributed by atoms with van der Waals surface area (Å²) in [7, 11) is 0. The highest BCUT2D eigenvalue weighted by atomic mass is 32.2. The van der Waals surface area contributed by atoms with E-state index in [9.17, 15) is 0 Å². The molecule has 0 aliphatic carbocycles. The van der Waals surface area contributed by atoms with Crippen LogP contribution in [0.4, 0.5) is 5.69 Å². The second kappa shape index (κ2) is 5.80. The van der Waals surface area contributed by atoms with Gasteiger partial charge >= 0.3 is 0 Å². The lowest BCUT2D eigenvalue weighted by Crippen LogP contribution is -2.05. The van der Waals surface area contributed by atoms with Gasteiger partial charge in [0.15, 0.2) is 10.9 Å². The van der Waals surface area contributed by atoms with E-state index in [1.807, 2.05) is 54.6 Å². The Hall–Kier alpha value is -1.94. The average molecular weight is 270 g/mol. The molecule has 1 heterocycles. The molecule has 0 saturated carbocycles. The molecule has 0 bridgehead atoms. The minimum Gasteiger partial charge on any atom is -0.455 e. The van der Waals surface area contributed by atoms with E-state index in [0.717, 1.165) is 34.7 Å². The molecule has 1 aliphatic rings. The Morgan fingerprint density at radius 1 is 1.00 bits per heavy atom. The number of para-hydroxylation sites is 3. The summed E-state index contributed by atoms with van der Waals surface area (Å²) in [6.07, 6.45) is 0. The molecule has 0 fully saturated rings. The van der Waals surface area contributed by atoms with Crippen LogP contribution in [-0.4, -0.2) is 17.5 Å². The molecule has 0 saturated heterocycles. The zero-order valence-electron chi connectivity index (χ0n) is 10.4. The van der Waals surface area contributed by atoms with Crippen molar-refractivity contribution in [3.8, 4) is 11.5 Å². The quantitative estimate of drug-likeness (QED) is 0.915. The number of aliphatic imine (C=N–C) groups is 1. The summed E-state index contributed by atoms with van der Waals surface area (Å²) in [6, 6.07) is 17.7. The van der Waals surface area contributed by atoms with E-state index in [2.05, 4.69) is 10.3 Å². The fourth-order valence-electron chi connectivity index (χ4n) is 1.80. The summed E-state index contributed by atoms with van der Waals surface area (Å²) >= 11 is 1.74. The average Bonchev–Trinajstić information content (AvgIpc) is 2.95. The fourth-order valence-corrected chi connectivity index (χ4v) is 2.54. The summed E-state index contributed by atoms with van der Waals surface area (Å²) in [5.74, 6) is 2.69. The molecule has 2 aromatic carbocycles. The number of hydrogen-bond acceptors (Lipinski definition) is 4. The summed E-state index contributed by atoms with van der Waals surface area (Å²) < 4.78 is 5.89. The summed E-state index contributed by atoms with van der Waals surface area (Å²) in [5, 5.41) is 4.28. The second-order valence-corrected chi connectivity index (χ2v) is 5.16. The largest absolute Gasteiger partial charge is 0.455 e. The standard InChI is InChI=1S/C15H14N2OS/c1-2-6-12(7-3-1)18-14-9-5-4-8-13(14)17-15-16-10-11-19-15/h1-9H,10-11H2,(H,16,17). The SMILES string of the molecule is c1ccc(Oc2ccccc2NC2=NCCS2)cc1. The van der Waals surface area contributed by atoms with Crippen LogP contribution in [0.5, 0.6) is 11.5 Å². The van der Waals surface area contributed by atoms with Crippen LogP contribution in [0.25, 0.3) is 0 Å². The monoisotopic (exact) mass is 270 g/mol. The van der Waals surface area contributed by atoms with Gasteiger partial charge in [-0.25, -0.2) is 0 Å². The van der Waals surface area contributed by atoms with Gasteiger partial charge in [-0.3, -0.25) is 4.99 Å². The topological polar surface area (TPSA) is 33.6 Å². The minimum atomic E-state index is 0.809. The van der Waals surface area contributed by atoms with Crippen LogP contribution in [0.1, 0.15) is 0 Å². The Labute approximate surface area is 116 Å². The van der Waals surface area contributed by atoms with E-state index in [0.29, 0.717) is 0 Å². The lowest BCUT2D eigenvalue weighted by molar-refractivity contribution is 0.485. The van der Waals surface area contributed by atoms with Gasteiger partial charge in [-0.2, -0.15) is 0 Å². The van der Waals surface area contributed by atoms with Crippen molar-refractivity contribution in [3.63, 3.8) is 0 Å². The Balaban J connectivity index is 1.81. The molecule has 3 nitrogen and oxygen atoms in total. The third kappa shape index (κ3) is 3.09. The van der Waals surface area contributed by atoms with Gasteiger partial charge in [-0.1, -0.05) is 42.1 Å². The first-order valence-corrected chi connectivity index (χ1v) is 7.16. The molecule has 0 spiro atoms. The van der Waals surface area contributed by atoms with Crippen molar-refractivity contribution in [1.82, 2.24) is 0 Å². The summed E-state index contributed by atoms with van der Waals surface area (Å²) in [6.45, 7) is 0.884. The van der Waals surface area contributed by atoms with Crippen molar-refractivity contribution in [1.29, 1.82) is 0 Å². The highest BCUT2D eigenvalue weighted by Crippen LogP contribution is 2.30. The predicted molar refractivity (Wildman–Crippen MR) is 81.3 cm³/mol. The van der Waals surface area contributed by atoms with Gasteiger partial charge in [0, 0.05) is 5.75 Å². The van der Waals surface area contributed by atoms with Crippen molar-refractivity contribution in [2.45, 2.75) is 0 Å². The van der Waals surface area contributed by atoms with Gasteiger partial charge in [-0.05, 0) is 24.3 Å². The number of ether oxygens (including phenoxy) is 1. The maximum atomic E-state index is 5.89. The molecule has 1 N–H and O–H groups in total. The first kappa shape index (κ1) is 12.1. The van der Waals surface area contributed by atoms with Crippen LogP contribution >= 0.6 is 11.8 Å². The highest BCUT2D eigenvalue weighted by molar-refractivity contribution is 8.14. The van der Waals surface area contributed by atoms with Gasteiger partial charge in [0.1, 0.15) is 5.75 Å². The smallest absolute Gasteiger partial charge is 0.161 e. The molecule has 2 aromatic rings. The number of nitrogens with zero attached hydrogens (tertiary/aromatic N) is 1. The molecule has 0 amide bonds. The van der Waals surface area contributed by atoms with Crippen LogP contribution in [0.15, 0.2) is 59.6 Å². The van der Waals surface area contributed by atoms with Crippen LogP contribution < -0.4 is 10.1 Å². The summed E-state index contributed by atoms with van der Waals surface area (Å²) in [4.78, 5) is 4.39. The van der Waals surface area contributed by atoms with Gasteiger partial charge in [0.2, 0.25) is 0 Å². The summed E-state index contributed by atoms with van der Waals surface area (Å²) in [5.41, 5.74) is 0.944. The van der Waals surface area contributed by atoms with Gasteiger partial charge in [-0.15, -0.1) is 0 Å². The first-order chi connectivity index (χ1) is 9.42. The third-order valence-corrected chi connectivity index (χ3v) is 3.58. The fraction of sp³-hybridized carbons (Fsp3) is 0.133. The molecule has 19 heavy (non-hydrogen) atoms. The van der Waals surface area contributed by atoms with Crippen molar-refractivity contribution in [3.05, 3.63) is 54.6 Å². The number of thioether (sulfide) groups is 1. The molecule has 0 aromatic heterocycles. The minimum absolute atomic E-state index is 0.809. The maximum absolute atomic E-state index is 5.89. The highest BCUT2D eigenvalue weighted by Gasteiger charge is 2.10. The van der Waals surface area contributed by atoms with Crippen LogP contribution in [0, 0.1) is 0 Å². The molecule has 3 rings (SSSR count). The van der Waals surface area contributed by atoms with Crippen molar-refractivity contribution < 1.29 is 4.74 Å². The number of amidine groups is 1. The maximum Gasteiger partial charge on any atom is 0.161 e. The molecular weight excluding hydrogens is 256 g/mol. The van der Waals surface area contributed by atoms with Crippen molar-refractivity contribution >= 4 is 22.6 Å². The lowest BCUT2D eigenvalue weighted by atomic mass is 10.3. The van der Waals surface area contributed by atoms with Gasteiger partial charge in [0.25, 0.3) is 0 Å². The molecule has 96 valence electrons. The molecule has 4 heteroatoms. The zero-order chi connectivity index (χ0) is 12.9. The number of hydrogen-bond donors (Lipinski definition) is 1. The first-order valence-electron chi connectivity index (χ1n) is 6.18. The van der Waals surface area contributed by atoms with E-state index in [1.165, 1.54) is 0 Å². The van der Waals surface area contributed by atoms with E-state index in [1.54, 1.807) is 11.8 Å². The Morgan fingerprint density at radius 3 is 2.58 bits per heavy atom. The molecule has 0 radical (unpaired) electrons. The molecule has 0 unspecified atom stereocenters. The Bertz CT molecular complexity index is 584. The number of anilines is 1. The Kier molecular flexibility index (Phi) is 3.70. The van der Waals surface area contributed by atoms with Crippen LogP contribution in [0.3, 0.4) is 0 Å². The Morgan fingerprint density at radius 2 is 1.79 bits per heavy atom. The van der Waals surface area contributed by atoms with Crippen LogP contribution in [0.2, 0.25) is 0 Å². The number of rotatable bonds is 3. The van der Waals surface area contributed by atoms with E-state index in [-0.39, 0.29) is 0 Å². The zero-order valence-corrected chi connectivity index (χ0v) is 11.2. The lowest BCUT2D eigenvalue weighted by Gasteiger charge is -2.12. The number of benzene rings is 2. The van der Waals surface area contributed by atoms with E-state index < -0.39 is 0 Å². The van der Waals surface area contributed by atoms with E-state index in [4.69, 9.17) is 4.74 Å². The third-order valence-electron chi connectivity index (χ3n) is 2.69. The van der Waals surface area contributed by atoms with E-state index >= 15 is 0 Å². The molecular formula is C15H14N2OS. The molecule has 0 atom stereocenters. The van der Waals surface area contributed by atoms with Gasteiger partial charge in [0.05, 0.1) is 12.2 Å². The van der Waals surface area contributed by atoms with Crippen LogP contribution in [-0.2, 0) is 0 Å². The number of nitrogens with one attached hydrogen (secondary N) is 1.